The number of carbonyl (C=O) groups is 1. The van der Waals surface area contributed by atoms with Crippen molar-refractivity contribution in [3.63, 3.8) is 0 Å². The third-order valence-corrected chi connectivity index (χ3v) is 7.34. The minimum absolute atomic E-state index is 0.102. The number of nitrogens with zero attached hydrogens (tertiary/aromatic N) is 2. The van der Waals surface area contributed by atoms with Gasteiger partial charge >= 0.3 is 0 Å². The summed E-state index contributed by atoms with van der Waals surface area (Å²) >= 11 is 3.27. The lowest BCUT2D eigenvalue weighted by atomic mass is 10.1. The summed E-state index contributed by atoms with van der Waals surface area (Å²) in [6.45, 7) is 0.0979. The predicted molar refractivity (Wildman–Crippen MR) is 112 cm³/mol. The fourth-order valence-electron chi connectivity index (χ4n) is 3.28. The van der Waals surface area contributed by atoms with E-state index in [9.17, 15) is 28.4 Å². The molecule has 0 bridgehead atoms. The lowest BCUT2D eigenvalue weighted by Crippen LogP contribution is -2.46. The van der Waals surface area contributed by atoms with Gasteiger partial charge < -0.3 is 10.4 Å². The standard InChI is InChI=1S/C19H20BrN3O6S/c20-14-5-9-16(10-6-14)30(28,29)22-11-1-2-17(22)19(25)21-12-18(24)13-3-7-15(8-4-13)23(26)27/h3-10,17-18,24H,1-2,11-12H2,(H,21,25). The molecule has 9 nitrogen and oxygen atoms in total. The van der Waals surface area contributed by atoms with Crippen molar-refractivity contribution in [2.75, 3.05) is 13.1 Å². The summed E-state index contributed by atoms with van der Waals surface area (Å²) in [7, 11) is -3.83. The van der Waals surface area contributed by atoms with E-state index in [1.807, 2.05) is 0 Å². The second-order valence-corrected chi connectivity index (χ2v) is 9.64. The monoisotopic (exact) mass is 497 g/mol. The number of nitro benzene ring substituents is 1. The van der Waals surface area contributed by atoms with Gasteiger partial charge in [0.05, 0.1) is 15.9 Å². The van der Waals surface area contributed by atoms with Gasteiger partial charge in [0.15, 0.2) is 0 Å². The number of aliphatic hydroxyl groups excluding tert-OH is 1. The first-order chi connectivity index (χ1) is 14.2. The van der Waals surface area contributed by atoms with Gasteiger partial charge in [0.1, 0.15) is 6.04 Å². The number of nitro groups is 1. The highest BCUT2D eigenvalue weighted by atomic mass is 79.9. The molecule has 2 aromatic carbocycles. The Kier molecular flexibility index (Phi) is 6.86. The van der Waals surface area contributed by atoms with Gasteiger partial charge in [-0.25, -0.2) is 8.42 Å². The van der Waals surface area contributed by atoms with Crippen LogP contribution in [0.5, 0.6) is 0 Å². The van der Waals surface area contributed by atoms with Gasteiger partial charge in [-0.1, -0.05) is 15.9 Å². The lowest BCUT2D eigenvalue weighted by Gasteiger charge is -2.24. The molecule has 2 aromatic rings. The van der Waals surface area contributed by atoms with Crippen LogP contribution in [0.15, 0.2) is 57.9 Å². The van der Waals surface area contributed by atoms with Crippen molar-refractivity contribution in [3.8, 4) is 0 Å². The van der Waals surface area contributed by atoms with Crippen molar-refractivity contribution in [1.82, 2.24) is 9.62 Å². The molecule has 1 aliphatic rings. The normalized spacial score (nSPS) is 18.1. The van der Waals surface area contributed by atoms with Crippen LogP contribution in [-0.4, -0.2) is 47.8 Å². The highest BCUT2D eigenvalue weighted by Gasteiger charge is 2.39. The predicted octanol–water partition coefficient (Wildman–Crippen LogP) is 2.36. The van der Waals surface area contributed by atoms with Crippen molar-refractivity contribution in [1.29, 1.82) is 0 Å². The molecule has 1 aliphatic heterocycles. The van der Waals surface area contributed by atoms with Crippen LogP contribution in [0.1, 0.15) is 24.5 Å². The van der Waals surface area contributed by atoms with Gasteiger partial charge in [0.25, 0.3) is 5.69 Å². The van der Waals surface area contributed by atoms with Crippen LogP contribution < -0.4 is 5.32 Å². The summed E-state index contributed by atoms with van der Waals surface area (Å²) in [6.07, 6.45) is -0.138. The summed E-state index contributed by atoms with van der Waals surface area (Å²) in [5, 5.41) is 23.5. The van der Waals surface area contributed by atoms with Crippen LogP contribution >= 0.6 is 15.9 Å². The summed E-state index contributed by atoms with van der Waals surface area (Å²) in [5.74, 6) is -0.492. The van der Waals surface area contributed by atoms with Crippen molar-refractivity contribution >= 4 is 37.5 Å². The fourth-order valence-corrected chi connectivity index (χ4v) is 5.20. The Balaban J connectivity index is 1.65. The van der Waals surface area contributed by atoms with Crippen molar-refractivity contribution in [3.05, 3.63) is 68.7 Å². The van der Waals surface area contributed by atoms with E-state index in [0.29, 0.717) is 18.4 Å². The van der Waals surface area contributed by atoms with Crippen molar-refractivity contribution in [2.24, 2.45) is 0 Å². The second-order valence-electron chi connectivity index (χ2n) is 6.84. The SMILES string of the molecule is O=C(NCC(O)c1ccc([N+](=O)[O-])cc1)C1CCCN1S(=O)(=O)c1ccc(Br)cc1. The van der Waals surface area contributed by atoms with Gasteiger partial charge in [-0.2, -0.15) is 4.31 Å². The zero-order valence-corrected chi connectivity index (χ0v) is 18.2. The molecule has 30 heavy (non-hydrogen) atoms. The molecule has 1 heterocycles. The molecular weight excluding hydrogens is 478 g/mol. The molecule has 1 amide bonds. The smallest absolute Gasteiger partial charge is 0.269 e. The van der Waals surface area contributed by atoms with E-state index in [2.05, 4.69) is 21.2 Å². The summed E-state index contributed by atoms with van der Waals surface area (Å²) in [6, 6.07) is 10.7. The van der Waals surface area contributed by atoms with Crippen molar-refractivity contribution in [2.45, 2.75) is 29.9 Å². The maximum Gasteiger partial charge on any atom is 0.269 e. The molecule has 11 heteroatoms. The van der Waals surface area contributed by atoms with E-state index in [4.69, 9.17) is 0 Å². The maximum absolute atomic E-state index is 12.9. The van der Waals surface area contributed by atoms with E-state index in [1.165, 1.54) is 40.7 Å². The van der Waals surface area contributed by atoms with Crippen LogP contribution in [-0.2, 0) is 14.8 Å². The molecular formula is C19H20BrN3O6S. The molecule has 3 rings (SSSR count). The fraction of sp³-hybridized carbons (Fsp3) is 0.316. The number of sulfonamides is 1. The van der Waals surface area contributed by atoms with E-state index < -0.39 is 33.0 Å². The first kappa shape index (κ1) is 22.3. The number of amides is 1. The Hall–Kier alpha value is -2.34. The minimum atomic E-state index is -3.83. The van der Waals surface area contributed by atoms with E-state index >= 15 is 0 Å². The Morgan fingerprint density at radius 1 is 1.23 bits per heavy atom. The number of halogens is 1. The molecule has 0 aromatic heterocycles. The van der Waals surface area contributed by atoms with Gasteiger partial charge in [-0.3, -0.25) is 14.9 Å². The molecule has 0 saturated carbocycles. The third-order valence-electron chi connectivity index (χ3n) is 4.88. The number of nitrogens with one attached hydrogen (secondary N) is 1. The molecule has 2 atom stereocenters. The number of rotatable bonds is 7. The van der Waals surface area contributed by atoms with Gasteiger partial charge in [-0.05, 0) is 54.8 Å². The Morgan fingerprint density at radius 3 is 2.47 bits per heavy atom. The average Bonchev–Trinajstić information content (AvgIpc) is 3.23. The summed E-state index contributed by atoms with van der Waals surface area (Å²) in [4.78, 5) is 22.9. The largest absolute Gasteiger partial charge is 0.387 e. The molecule has 0 aliphatic carbocycles. The summed E-state index contributed by atoms with van der Waals surface area (Å²) in [5.41, 5.74) is 0.307. The summed E-state index contributed by atoms with van der Waals surface area (Å²) < 4.78 is 27.8. The molecule has 2 unspecified atom stereocenters. The van der Waals surface area contributed by atoms with Crippen LogP contribution in [0, 0.1) is 10.1 Å². The quantitative estimate of drug-likeness (QED) is 0.446. The zero-order chi connectivity index (χ0) is 21.9. The number of hydrogen-bond donors (Lipinski definition) is 2. The lowest BCUT2D eigenvalue weighted by molar-refractivity contribution is -0.384. The molecule has 0 radical (unpaired) electrons. The van der Waals surface area contributed by atoms with Crippen LogP contribution in [0.4, 0.5) is 5.69 Å². The number of carbonyl (C=O) groups excluding carboxylic acids is 1. The van der Waals surface area contributed by atoms with Gasteiger partial charge in [0, 0.05) is 29.7 Å². The Morgan fingerprint density at radius 2 is 1.87 bits per heavy atom. The number of non-ortho nitro benzene ring substituents is 1. The molecule has 0 spiro atoms. The van der Waals surface area contributed by atoms with Crippen LogP contribution in [0.3, 0.4) is 0 Å². The average molecular weight is 498 g/mol. The zero-order valence-electron chi connectivity index (χ0n) is 15.8. The van der Waals surface area contributed by atoms with Gasteiger partial charge in [0.2, 0.25) is 15.9 Å². The van der Waals surface area contributed by atoms with Gasteiger partial charge in [-0.15, -0.1) is 0 Å². The number of benzene rings is 2. The van der Waals surface area contributed by atoms with Crippen LogP contribution in [0.25, 0.3) is 0 Å². The molecule has 1 saturated heterocycles. The molecule has 1 fully saturated rings. The highest BCUT2D eigenvalue weighted by Crippen LogP contribution is 2.27. The maximum atomic E-state index is 12.9. The molecule has 2 N–H and O–H groups in total. The highest BCUT2D eigenvalue weighted by molar-refractivity contribution is 9.10. The second kappa shape index (κ2) is 9.21. The number of aliphatic hydroxyl groups is 1. The Bertz CT molecular complexity index is 1030. The first-order valence-corrected chi connectivity index (χ1v) is 11.4. The van der Waals surface area contributed by atoms with E-state index in [1.54, 1.807) is 12.1 Å². The topological polar surface area (TPSA) is 130 Å². The third kappa shape index (κ3) is 4.86. The Labute approximate surface area is 182 Å². The minimum Gasteiger partial charge on any atom is -0.387 e. The van der Waals surface area contributed by atoms with Crippen molar-refractivity contribution < 1.29 is 23.2 Å². The first-order valence-electron chi connectivity index (χ1n) is 9.17. The van der Waals surface area contributed by atoms with Crippen LogP contribution in [0.2, 0.25) is 0 Å². The van der Waals surface area contributed by atoms with E-state index in [0.717, 1.165) is 4.47 Å². The molecule has 160 valence electrons. The van der Waals surface area contributed by atoms with E-state index in [-0.39, 0.29) is 23.7 Å². The number of hydrogen-bond acceptors (Lipinski definition) is 6.